The third-order valence-corrected chi connectivity index (χ3v) is 13.7. The predicted molar refractivity (Wildman–Crippen MR) is 361 cm³/mol. The zero-order valence-electron chi connectivity index (χ0n) is 53.4. The normalized spacial score (nSPS) is 13.2. The van der Waals surface area contributed by atoms with Crippen molar-refractivity contribution >= 4 is 17.9 Å². The van der Waals surface area contributed by atoms with Crippen LogP contribution in [0.1, 0.15) is 278 Å². The molecule has 0 aromatic heterocycles. The molecule has 6 nitrogen and oxygen atoms in total. The standard InChI is InChI=1S/C77H122O6/c1-4-7-10-13-16-19-22-25-28-30-32-33-34-35-36-37-38-39-40-41-42-43-45-46-49-52-55-58-61-64-67-70-76(79)82-73-74(72-81-75(78)69-66-63-60-57-54-51-48-27-24-21-18-15-12-9-6-3)83-77(80)71-68-65-62-59-56-53-50-47-44-31-29-26-23-20-17-14-11-8-5-2/h7-12,16-21,25-29,32-33,35-36,44,47-48,53-54,56-57,74H,4-6,13-15,22-24,30-31,34,37-43,45-46,49-52,55,58-73H2,1-3H3/b10-7-,11-8-,12-9-,19-16-,20-17-,21-18-,28-25-,29-26-,33-32-,36-35-,47-44-,48-27-,56-53-,57-54-. The second kappa shape index (κ2) is 69.3. The van der Waals surface area contributed by atoms with Crippen molar-refractivity contribution in [3.05, 3.63) is 170 Å². The van der Waals surface area contributed by atoms with Crippen LogP contribution in [0, 0.1) is 0 Å². The molecule has 1 unspecified atom stereocenters. The second-order valence-corrected chi connectivity index (χ2v) is 21.6. The summed E-state index contributed by atoms with van der Waals surface area (Å²) in [5.74, 6) is -0.988. The summed E-state index contributed by atoms with van der Waals surface area (Å²) in [5, 5.41) is 0. The van der Waals surface area contributed by atoms with Gasteiger partial charge in [0.1, 0.15) is 13.2 Å². The molecule has 1 atom stereocenters. The van der Waals surface area contributed by atoms with E-state index >= 15 is 0 Å². The van der Waals surface area contributed by atoms with E-state index in [4.69, 9.17) is 14.2 Å². The molecular formula is C77H122O6. The fraction of sp³-hybridized carbons (Fsp3) is 0.597. The van der Waals surface area contributed by atoms with E-state index in [1.165, 1.54) is 83.5 Å². The van der Waals surface area contributed by atoms with Gasteiger partial charge in [-0.15, -0.1) is 0 Å². The number of unbranched alkanes of at least 4 members (excludes halogenated alkanes) is 20. The van der Waals surface area contributed by atoms with Crippen molar-refractivity contribution in [1.29, 1.82) is 0 Å². The Kier molecular flexibility index (Phi) is 64.9. The lowest BCUT2D eigenvalue weighted by Crippen LogP contribution is -2.30. The maximum absolute atomic E-state index is 12.9. The Labute approximate surface area is 511 Å². The van der Waals surface area contributed by atoms with Crippen LogP contribution in [-0.4, -0.2) is 37.2 Å². The SMILES string of the molecule is CC/C=C\C/C=C\C/C=C\C/C=C\C/C=C\CCCCCCCCCCCCCCCCCC(=O)OCC(COC(=O)CCCC/C=C\C/C=C\C/C=C\C/C=C\CC)OC(=O)CCCCC/C=C\C/C=C\C/C=C\C/C=C\C/C=C\CC. The highest BCUT2D eigenvalue weighted by Gasteiger charge is 2.19. The Bertz CT molecular complexity index is 1890. The van der Waals surface area contributed by atoms with Gasteiger partial charge in [0.25, 0.3) is 0 Å². The fourth-order valence-corrected chi connectivity index (χ4v) is 8.78. The van der Waals surface area contributed by atoms with Gasteiger partial charge in [0, 0.05) is 19.3 Å². The van der Waals surface area contributed by atoms with Crippen LogP contribution in [0.4, 0.5) is 0 Å². The Morgan fingerprint density at radius 3 is 0.711 bits per heavy atom. The van der Waals surface area contributed by atoms with Crippen molar-refractivity contribution in [2.24, 2.45) is 0 Å². The van der Waals surface area contributed by atoms with Crippen LogP contribution < -0.4 is 0 Å². The van der Waals surface area contributed by atoms with Crippen LogP contribution in [0.15, 0.2) is 170 Å². The first-order valence-electron chi connectivity index (χ1n) is 33.6. The molecular weight excluding hydrogens is 1020 g/mol. The molecule has 0 heterocycles. The van der Waals surface area contributed by atoms with Gasteiger partial charge in [-0.1, -0.05) is 281 Å². The maximum Gasteiger partial charge on any atom is 0.306 e. The Morgan fingerprint density at radius 1 is 0.241 bits per heavy atom. The highest BCUT2D eigenvalue weighted by atomic mass is 16.6. The molecule has 0 aliphatic heterocycles. The third kappa shape index (κ3) is 67.4. The number of rotatable bonds is 59. The lowest BCUT2D eigenvalue weighted by Gasteiger charge is -2.18. The molecule has 0 rings (SSSR count). The molecule has 0 N–H and O–H groups in total. The number of carbonyl (C=O) groups excluding carboxylic acids is 3. The summed E-state index contributed by atoms with van der Waals surface area (Å²) in [4.78, 5) is 38.4. The summed E-state index contributed by atoms with van der Waals surface area (Å²) in [7, 11) is 0. The molecule has 0 saturated carbocycles. The van der Waals surface area contributed by atoms with Gasteiger partial charge in [-0.05, 0) is 148 Å². The number of esters is 3. The lowest BCUT2D eigenvalue weighted by atomic mass is 10.0. The van der Waals surface area contributed by atoms with E-state index in [0.717, 1.165) is 141 Å². The summed E-state index contributed by atoms with van der Waals surface area (Å²) >= 11 is 0. The van der Waals surface area contributed by atoms with Crippen LogP contribution in [0.2, 0.25) is 0 Å². The van der Waals surface area contributed by atoms with Crippen molar-refractivity contribution in [2.45, 2.75) is 284 Å². The largest absolute Gasteiger partial charge is 0.462 e. The summed E-state index contributed by atoms with van der Waals surface area (Å²) in [5.41, 5.74) is 0. The molecule has 0 aliphatic rings. The molecule has 0 aromatic carbocycles. The summed E-state index contributed by atoms with van der Waals surface area (Å²) in [6.07, 6.45) is 102. The molecule has 6 heteroatoms. The average molecular weight is 1140 g/mol. The van der Waals surface area contributed by atoms with Crippen molar-refractivity contribution in [3.63, 3.8) is 0 Å². The van der Waals surface area contributed by atoms with Crippen LogP contribution >= 0.6 is 0 Å². The monoisotopic (exact) mass is 1140 g/mol. The van der Waals surface area contributed by atoms with Gasteiger partial charge in [-0.25, -0.2) is 0 Å². The summed E-state index contributed by atoms with van der Waals surface area (Å²) in [6.45, 7) is 6.24. The molecule has 0 bridgehead atoms. The molecule has 0 spiro atoms. The van der Waals surface area contributed by atoms with Gasteiger partial charge in [0.05, 0.1) is 0 Å². The Morgan fingerprint density at radius 2 is 0.434 bits per heavy atom. The van der Waals surface area contributed by atoms with Gasteiger partial charge in [0.15, 0.2) is 6.10 Å². The highest BCUT2D eigenvalue weighted by Crippen LogP contribution is 2.16. The third-order valence-electron chi connectivity index (χ3n) is 13.7. The predicted octanol–water partition coefficient (Wildman–Crippen LogP) is 23.4. The lowest BCUT2D eigenvalue weighted by molar-refractivity contribution is -0.167. The second-order valence-electron chi connectivity index (χ2n) is 21.6. The molecule has 0 aliphatic carbocycles. The van der Waals surface area contributed by atoms with Crippen molar-refractivity contribution in [3.8, 4) is 0 Å². The van der Waals surface area contributed by atoms with Gasteiger partial charge >= 0.3 is 17.9 Å². The van der Waals surface area contributed by atoms with Crippen LogP contribution in [0.5, 0.6) is 0 Å². The van der Waals surface area contributed by atoms with Crippen molar-refractivity contribution in [2.75, 3.05) is 13.2 Å². The molecule has 0 amide bonds. The minimum atomic E-state index is -0.822. The van der Waals surface area contributed by atoms with E-state index in [2.05, 4.69) is 191 Å². The minimum absolute atomic E-state index is 0.111. The zero-order chi connectivity index (χ0) is 59.9. The molecule has 0 aromatic rings. The van der Waals surface area contributed by atoms with E-state index in [0.29, 0.717) is 25.7 Å². The van der Waals surface area contributed by atoms with Crippen molar-refractivity contribution < 1.29 is 28.6 Å². The number of hydrogen-bond donors (Lipinski definition) is 0. The summed E-state index contributed by atoms with van der Waals surface area (Å²) < 4.78 is 16.9. The fourth-order valence-electron chi connectivity index (χ4n) is 8.78. The number of ether oxygens (including phenoxy) is 3. The van der Waals surface area contributed by atoms with Crippen molar-refractivity contribution in [1.82, 2.24) is 0 Å². The van der Waals surface area contributed by atoms with E-state index in [-0.39, 0.29) is 37.5 Å². The Hall–Kier alpha value is -5.23. The van der Waals surface area contributed by atoms with E-state index in [9.17, 15) is 14.4 Å². The molecule has 83 heavy (non-hydrogen) atoms. The molecule has 0 radical (unpaired) electrons. The van der Waals surface area contributed by atoms with Gasteiger partial charge in [-0.3, -0.25) is 14.4 Å². The van der Waals surface area contributed by atoms with E-state index < -0.39 is 6.10 Å². The maximum atomic E-state index is 12.9. The van der Waals surface area contributed by atoms with E-state index in [1.807, 2.05) is 0 Å². The Balaban J connectivity index is 4.36. The van der Waals surface area contributed by atoms with Crippen LogP contribution in [-0.2, 0) is 28.6 Å². The van der Waals surface area contributed by atoms with Crippen LogP contribution in [0.3, 0.4) is 0 Å². The van der Waals surface area contributed by atoms with E-state index in [1.54, 1.807) is 0 Å². The van der Waals surface area contributed by atoms with Gasteiger partial charge in [0.2, 0.25) is 0 Å². The number of hydrogen-bond acceptors (Lipinski definition) is 6. The first kappa shape index (κ1) is 77.8. The van der Waals surface area contributed by atoms with Crippen LogP contribution in [0.25, 0.3) is 0 Å². The molecule has 0 fully saturated rings. The number of carbonyl (C=O) groups is 3. The minimum Gasteiger partial charge on any atom is -0.462 e. The highest BCUT2D eigenvalue weighted by molar-refractivity contribution is 5.71. The average Bonchev–Trinajstić information content (AvgIpc) is 3.49. The summed E-state index contributed by atoms with van der Waals surface area (Å²) in [6, 6.07) is 0. The van der Waals surface area contributed by atoms with Gasteiger partial charge in [-0.2, -0.15) is 0 Å². The topological polar surface area (TPSA) is 78.9 Å². The quantitative estimate of drug-likeness (QED) is 0.0261. The number of allylic oxidation sites excluding steroid dienone is 28. The zero-order valence-corrected chi connectivity index (χ0v) is 53.4. The first-order valence-corrected chi connectivity index (χ1v) is 33.6. The first-order chi connectivity index (χ1) is 41.0. The molecule has 0 saturated heterocycles. The molecule has 466 valence electrons. The van der Waals surface area contributed by atoms with Gasteiger partial charge < -0.3 is 14.2 Å². The smallest absolute Gasteiger partial charge is 0.306 e.